The van der Waals surface area contributed by atoms with Crippen LogP contribution in [0.15, 0.2) is 60.7 Å². The van der Waals surface area contributed by atoms with E-state index < -0.39 is 30.1 Å². The summed E-state index contributed by atoms with van der Waals surface area (Å²) in [6.45, 7) is 1.38. The second-order valence-corrected chi connectivity index (χ2v) is 5.38. The summed E-state index contributed by atoms with van der Waals surface area (Å²) >= 11 is 0. The predicted octanol–water partition coefficient (Wildman–Crippen LogP) is 4.17. The van der Waals surface area contributed by atoms with E-state index in [1.165, 1.54) is 25.1 Å². The number of carbonyl (C=O) groups is 2. The lowest BCUT2D eigenvalue weighted by Crippen LogP contribution is -2.29. The number of amides is 1. The van der Waals surface area contributed by atoms with E-state index in [0.717, 1.165) is 17.7 Å². The molecular weight excluding hydrogens is 363 g/mol. The number of hydrogen-bond donors (Lipinski definition) is 1. The highest BCUT2D eigenvalue weighted by molar-refractivity contribution is 5.96. The molecule has 142 valence electrons. The van der Waals surface area contributed by atoms with Crippen LogP contribution in [0.5, 0.6) is 5.75 Å². The highest BCUT2D eigenvalue weighted by Crippen LogP contribution is 2.24. The molecule has 1 unspecified atom stereocenters. The Hall–Kier alpha value is -3.29. The van der Waals surface area contributed by atoms with Crippen LogP contribution in [-0.2, 0) is 14.3 Å². The molecule has 1 amide bonds. The van der Waals surface area contributed by atoms with Gasteiger partial charge in [0.1, 0.15) is 5.75 Å². The van der Waals surface area contributed by atoms with Gasteiger partial charge >= 0.3 is 12.3 Å². The van der Waals surface area contributed by atoms with Gasteiger partial charge in [-0.25, -0.2) is 4.79 Å². The zero-order valence-corrected chi connectivity index (χ0v) is 14.2. The number of carbonyl (C=O) groups excluding carboxylic acids is 2. The summed E-state index contributed by atoms with van der Waals surface area (Å²) < 4.78 is 45.0. The molecule has 1 atom stereocenters. The van der Waals surface area contributed by atoms with E-state index in [9.17, 15) is 22.8 Å². The minimum Gasteiger partial charge on any atom is -0.449 e. The second-order valence-electron chi connectivity index (χ2n) is 5.38. The normalized spacial score (nSPS) is 12.4. The standard InChI is InChI=1S/C19H16F3NO4/c1-13(26-17(24)12-7-14-5-3-2-4-6-14)18(25)23-15-8-10-16(11-9-15)27-19(20,21)22/h2-13H,1H3,(H,23,25)/b12-7+. The van der Waals surface area contributed by atoms with Gasteiger partial charge in [-0.1, -0.05) is 30.3 Å². The van der Waals surface area contributed by atoms with Crippen molar-refractivity contribution >= 4 is 23.6 Å². The zero-order valence-electron chi connectivity index (χ0n) is 14.2. The summed E-state index contributed by atoms with van der Waals surface area (Å²) in [4.78, 5) is 23.8. The van der Waals surface area contributed by atoms with Crippen LogP contribution in [0.1, 0.15) is 12.5 Å². The maximum atomic E-state index is 12.1. The van der Waals surface area contributed by atoms with Gasteiger partial charge in [0.05, 0.1) is 0 Å². The predicted molar refractivity (Wildman–Crippen MR) is 92.8 cm³/mol. The number of anilines is 1. The van der Waals surface area contributed by atoms with Crippen molar-refractivity contribution in [2.45, 2.75) is 19.4 Å². The molecule has 0 aliphatic rings. The van der Waals surface area contributed by atoms with E-state index in [4.69, 9.17) is 4.74 Å². The van der Waals surface area contributed by atoms with E-state index in [1.54, 1.807) is 18.2 Å². The van der Waals surface area contributed by atoms with Crippen LogP contribution < -0.4 is 10.1 Å². The summed E-state index contributed by atoms with van der Waals surface area (Å²) in [5, 5.41) is 2.43. The van der Waals surface area contributed by atoms with Gasteiger partial charge in [-0.05, 0) is 42.8 Å². The van der Waals surface area contributed by atoms with Gasteiger partial charge < -0.3 is 14.8 Å². The van der Waals surface area contributed by atoms with Crippen molar-refractivity contribution in [3.63, 3.8) is 0 Å². The van der Waals surface area contributed by atoms with Crippen molar-refractivity contribution in [1.82, 2.24) is 0 Å². The minimum atomic E-state index is -4.79. The van der Waals surface area contributed by atoms with E-state index >= 15 is 0 Å². The number of nitrogens with one attached hydrogen (secondary N) is 1. The van der Waals surface area contributed by atoms with Gasteiger partial charge in [-0.15, -0.1) is 13.2 Å². The molecule has 8 heteroatoms. The van der Waals surface area contributed by atoms with E-state index in [0.29, 0.717) is 0 Å². The lowest BCUT2D eigenvalue weighted by molar-refractivity contribution is -0.274. The third-order valence-corrected chi connectivity index (χ3v) is 3.23. The minimum absolute atomic E-state index is 0.234. The maximum absolute atomic E-state index is 12.1. The highest BCUT2D eigenvalue weighted by Gasteiger charge is 2.31. The molecule has 0 saturated carbocycles. The van der Waals surface area contributed by atoms with E-state index in [-0.39, 0.29) is 5.69 Å². The van der Waals surface area contributed by atoms with Gasteiger partial charge in [0.25, 0.3) is 5.91 Å². The van der Waals surface area contributed by atoms with Crippen molar-refractivity contribution in [3.8, 4) is 5.75 Å². The molecule has 0 radical (unpaired) electrons. The average molecular weight is 379 g/mol. The van der Waals surface area contributed by atoms with Crippen molar-refractivity contribution < 1.29 is 32.2 Å². The summed E-state index contributed by atoms with van der Waals surface area (Å²) in [7, 11) is 0. The van der Waals surface area contributed by atoms with Crippen LogP contribution in [0.3, 0.4) is 0 Å². The monoisotopic (exact) mass is 379 g/mol. The highest BCUT2D eigenvalue weighted by atomic mass is 19.4. The fourth-order valence-electron chi connectivity index (χ4n) is 1.98. The van der Waals surface area contributed by atoms with Gasteiger partial charge in [0.15, 0.2) is 6.10 Å². The maximum Gasteiger partial charge on any atom is 0.573 e. The average Bonchev–Trinajstić information content (AvgIpc) is 2.61. The van der Waals surface area contributed by atoms with Crippen LogP contribution in [0, 0.1) is 0 Å². The molecule has 0 fully saturated rings. The number of rotatable bonds is 6. The third kappa shape index (κ3) is 7.23. The Balaban J connectivity index is 1.86. The zero-order chi connectivity index (χ0) is 19.9. The van der Waals surface area contributed by atoms with Crippen molar-refractivity contribution in [2.24, 2.45) is 0 Å². The van der Waals surface area contributed by atoms with Gasteiger partial charge in [-0.3, -0.25) is 4.79 Å². The lowest BCUT2D eigenvalue weighted by Gasteiger charge is -2.13. The smallest absolute Gasteiger partial charge is 0.449 e. The van der Waals surface area contributed by atoms with Crippen molar-refractivity contribution in [2.75, 3.05) is 5.32 Å². The van der Waals surface area contributed by atoms with Crippen LogP contribution in [-0.4, -0.2) is 24.3 Å². The fourth-order valence-corrected chi connectivity index (χ4v) is 1.98. The van der Waals surface area contributed by atoms with Gasteiger partial charge in [0.2, 0.25) is 0 Å². The first-order chi connectivity index (χ1) is 12.7. The molecule has 27 heavy (non-hydrogen) atoms. The molecule has 0 heterocycles. The van der Waals surface area contributed by atoms with Crippen LogP contribution in [0.4, 0.5) is 18.9 Å². The fraction of sp³-hybridized carbons (Fsp3) is 0.158. The number of ether oxygens (including phenoxy) is 2. The summed E-state index contributed by atoms with van der Waals surface area (Å²) in [6.07, 6.45) is -3.14. The molecule has 2 aromatic carbocycles. The Kier molecular flexibility index (Phi) is 6.59. The van der Waals surface area contributed by atoms with Gasteiger partial charge in [0, 0.05) is 11.8 Å². The third-order valence-electron chi connectivity index (χ3n) is 3.23. The van der Waals surface area contributed by atoms with Crippen LogP contribution in [0.2, 0.25) is 0 Å². The lowest BCUT2D eigenvalue weighted by atomic mass is 10.2. The largest absolute Gasteiger partial charge is 0.573 e. The van der Waals surface area contributed by atoms with Crippen molar-refractivity contribution in [3.05, 3.63) is 66.2 Å². The Bertz CT molecular complexity index is 802. The molecule has 1 N–H and O–H groups in total. The Morgan fingerprint density at radius 1 is 1.04 bits per heavy atom. The number of halogens is 3. The molecular formula is C19H16F3NO4. The van der Waals surface area contributed by atoms with E-state index in [2.05, 4.69) is 10.1 Å². The summed E-state index contributed by atoms with van der Waals surface area (Å²) in [6, 6.07) is 13.6. The molecule has 2 rings (SSSR count). The molecule has 5 nitrogen and oxygen atoms in total. The Morgan fingerprint density at radius 3 is 2.26 bits per heavy atom. The quantitative estimate of drug-likeness (QED) is 0.604. The number of benzene rings is 2. The number of alkyl halides is 3. The molecule has 0 spiro atoms. The Labute approximate surface area is 153 Å². The SMILES string of the molecule is CC(OC(=O)/C=C/c1ccccc1)C(=O)Nc1ccc(OC(F)(F)F)cc1. The van der Waals surface area contributed by atoms with Gasteiger partial charge in [-0.2, -0.15) is 0 Å². The molecule has 0 aromatic heterocycles. The topological polar surface area (TPSA) is 64.6 Å². The van der Waals surface area contributed by atoms with Crippen LogP contribution in [0.25, 0.3) is 6.08 Å². The van der Waals surface area contributed by atoms with Crippen molar-refractivity contribution in [1.29, 1.82) is 0 Å². The first-order valence-corrected chi connectivity index (χ1v) is 7.83. The molecule has 0 aliphatic heterocycles. The first kappa shape index (κ1) is 20.0. The molecule has 0 saturated heterocycles. The van der Waals surface area contributed by atoms with Crippen LogP contribution >= 0.6 is 0 Å². The van der Waals surface area contributed by atoms with E-state index in [1.807, 2.05) is 18.2 Å². The molecule has 2 aromatic rings. The summed E-state index contributed by atoms with van der Waals surface area (Å²) in [5.74, 6) is -1.73. The second kappa shape index (κ2) is 8.88. The first-order valence-electron chi connectivity index (χ1n) is 7.83. The number of hydrogen-bond acceptors (Lipinski definition) is 4. The summed E-state index contributed by atoms with van der Waals surface area (Å²) in [5.41, 5.74) is 1.03. The molecule has 0 bridgehead atoms. The molecule has 0 aliphatic carbocycles. The number of esters is 1. The Morgan fingerprint density at radius 2 is 1.67 bits per heavy atom.